The van der Waals surface area contributed by atoms with Gasteiger partial charge in [0, 0.05) is 6.42 Å². The van der Waals surface area contributed by atoms with Crippen LogP contribution in [0.25, 0.3) is 12.2 Å². The predicted octanol–water partition coefficient (Wildman–Crippen LogP) is 4.91. The summed E-state index contributed by atoms with van der Waals surface area (Å²) in [6.07, 6.45) is 13.2. The van der Waals surface area contributed by atoms with Crippen molar-refractivity contribution < 1.29 is 15.0 Å². The maximum absolute atomic E-state index is 10.5. The number of carboxylic acid groups (broad SMARTS) is 1. The lowest BCUT2D eigenvalue weighted by molar-refractivity contribution is -0.137. The van der Waals surface area contributed by atoms with Crippen molar-refractivity contribution in [1.82, 2.24) is 0 Å². The fourth-order valence-electron chi connectivity index (χ4n) is 2.31. The van der Waals surface area contributed by atoms with Crippen LogP contribution in [0, 0.1) is 0 Å². The molecular formula is C20H28O3. The van der Waals surface area contributed by atoms with Gasteiger partial charge in [0.25, 0.3) is 0 Å². The van der Waals surface area contributed by atoms with Gasteiger partial charge >= 0.3 is 5.97 Å². The lowest BCUT2D eigenvalue weighted by Gasteiger charge is -2.05. The summed E-state index contributed by atoms with van der Waals surface area (Å²) in [5, 5.41) is 18.6. The zero-order chi connectivity index (χ0) is 16.9. The van der Waals surface area contributed by atoms with Crippen molar-refractivity contribution in [3.63, 3.8) is 0 Å². The third-order valence-electron chi connectivity index (χ3n) is 3.66. The van der Waals surface area contributed by atoms with Crippen LogP contribution in [0.15, 0.2) is 36.4 Å². The molecule has 0 spiro atoms. The lowest BCUT2D eigenvalue weighted by Crippen LogP contribution is -2.01. The number of rotatable bonds is 11. The first-order valence-electron chi connectivity index (χ1n) is 8.47. The summed E-state index contributed by atoms with van der Waals surface area (Å²) in [5.74, 6) is -0.751. The van der Waals surface area contributed by atoms with Crippen LogP contribution < -0.4 is 0 Å². The molecule has 1 aromatic rings. The summed E-state index contributed by atoms with van der Waals surface area (Å²) in [6.45, 7) is 2.15. The molecule has 1 unspecified atom stereocenters. The van der Waals surface area contributed by atoms with Crippen LogP contribution in [0.4, 0.5) is 0 Å². The highest BCUT2D eigenvalue weighted by Crippen LogP contribution is 2.15. The van der Waals surface area contributed by atoms with Gasteiger partial charge in [0.2, 0.25) is 0 Å². The van der Waals surface area contributed by atoms with E-state index in [-0.39, 0.29) is 6.42 Å². The summed E-state index contributed by atoms with van der Waals surface area (Å²) in [4.78, 5) is 10.5. The Morgan fingerprint density at radius 1 is 1.13 bits per heavy atom. The van der Waals surface area contributed by atoms with Gasteiger partial charge in [-0.25, -0.2) is 0 Å². The highest BCUT2D eigenvalue weighted by Gasteiger charge is 2.00. The van der Waals surface area contributed by atoms with Crippen LogP contribution in [0.3, 0.4) is 0 Å². The molecule has 0 aromatic heterocycles. The van der Waals surface area contributed by atoms with E-state index in [0.717, 1.165) is 43.2 Å². The van der Waals surface area contributed by atoms with E-state index in [9.17, 15) is 9.90 Å². The van der Waals surface area contributed by atoms with Gasteiger partial charge in [-0.05, 0) is 30.4 Å². The van der Waals surface area contributed by atoms with Crippen LogP contribution >= 0.6 is 0 Å². The van der Waals surface area contributed by atoms with Crippen LogP contribution in [-0.2, 0) is 4.79 Å². The normalized spacial score (nSPS) is 13.0. The Hall–Kier alpha value is -1.87. The number of aliphatic hydroxyl groups is 1. The Bertz CT molecular complexity index is 517. The molecule has 0 fully saturated rings. The van der Waals surface area contributed by atoms with Crippen LogP contribution in [0.1, 0.15) is 63.0 Å². The van der Waals surface area contributed by atoms with E-state index in [0.29, 0.717) is 6.42 Å². The summed E-state index contributed by atoms with van der Waals surface area (Å²) in [7, 11) is 0. The third kappa shape index (κ3) is 8.99. The number of unbranched alkanes of at least 4 members (excludes halogenated alkanes) is 3. The summed E-state index contributed by atoms with van der Waals surface area (Å²) in [5.41, 5.74) is 2.15. The molecule has 0 heterocycles. The molecule has 0 saturated carbocycles. The minimum Gasteiger partial charge on any atom is -0.481 e. The number of allylic oxidation sites excluding steroid dienone is 1. The largest absolute Gasteiger partial charge is 0.481 e. The molecule has 0 radical (unpaired) electrons. The maximum atomic E-state index is 10.5. The second-order valence-electron chi connectivity index (χ2n) is 5.74. The van der Waals surface area contributed by atoms with Crippen molar-refractivity contribution in [2.75, 3.05) is 0 Å². The van der Waals surface area contributed by atoms with Crippen molar-refractivity contribution in [1.29, 1.82) is 0 Å². The standard InChI is InChI=1S/C20H28O3/c1-2-3-5-13-19(21)16-15-18-12-9-8-11-17(18)10-6-4-7-14-20(22)23/h6,8-12,15-16,19,21H,2-5,7,13-14H2,1H3,(H,22,23)/b10-6+,16-15+. The molecule has 1 rings (SSSR count). The Morgan fingerprint density at radius 3 is 2.48 bits per heavy atom. The second kappa shape index (κ2) is 11.7. The SMILES string of the molecule is CCCCCC(O)/C=C/c1ccccc1/C=C/CCCC(=O)O. The topological polar surface area (TPSA) is 57.5 Å². The van der Waals surface area contributed by atoms with E-state index in [1.165, 1.54) is 0 Å². The van der Waals surface area contributed by atoms with Crippen molar-refractivity contribution in [3.8, 4) is 0 Å². The Balaban J connectivity index is 2.55. The quantitative estimate of drug-likeness (QED) is 0.570. The minimum atomic E-state index is -0.751. The fraction of sp³-hybridized carbons (Fsp3) is 0.450. The van der Waals surface area contributed by atoms with E-state index >= 15 is 0 Å². The molecule has 0 aliphatic carbocycles. The van der Waals surface area contributed by atoms with Crippen molar-refractivity contribution in [2.45, 2.75) is 58.0 Å². The van der Waals surface area contributed by atoms with E-state index < -0.39 is 12.1 Å². The molecule has 0 amide bonds. The minimum absolute atomic E-state index is 0.204. The maximum Gasteiger partial charge on any atom is 0.303 e. The van der Waals surface area contributed by atoms with Gasteiger partial charge in [-0.1, -0.05) is 74.8 Å². The first kappa shape index (κ1) is 19.2. The lowest BCUT2D eigenvalue weighted by atomic mass is 10.0. The summed E-state index contributed by atoms with van der Waals surface area (Å²) in [6, 6.07) is 8.00. The molecule has 3 nitrogen and oxygen atoms in total. The van der Waals surface area contributed by atoms with Crippen molar-refractivity contribution in [3.05, 3.63) is 47.5 Å². The molecule has 3 heteroatoms. The molecule has 2 N–H and O–H groups in total. The van der Waals surface area contributed by atoms with Crippen LogP contribution in [0.2, 0.25) is 0 Å². The van der Waals surface area contributed by atoms with E-state index in [2.05, 4.69) is 6.92 Å². The van der Waals surface area contributed by atoms with Gasteiger partial charge in [0.1, 0.15) is 0 Å². The molecule has 126 valence electrons. The van der Waals surface area contributed by atoms with Crippen molar-refractivity contribution in [2.24, 2.45) is 0 Å². The average Bonchev–Trinajstić information content (AvgIpc) is 2.53. The van der Waals surface area contributed by atoms with E-state index in [4.69, 9.17) is 5.11 Å². The molecule has 1 aromatic carbocycles. The highest BCUT2D eigenvalue weighted by molar-refractivity contribution is 5.67. The Morgan fingerprint density at radius 2 is 1.83 bits per heavy atom. The highest BCUT2D eigenvalue weighted by atomic mass is 16.4. The molecule has 23 heavy (non-hydrogen) atoms. The molecule has 1 atom stereocenters. The third-order valence-corrected chi connectivity index (χ3v) is 3.66. The first-order chi connectivity index (χ1) is 11.1. The zero-order valence-electron chi connectivity index (χ0n) is 13.9. The number of hydrogen-bond donors (Lipinski definition) is 2. The second-order valence-corrected chi connectivity index (χ2v) is 5.74. The van der Waals surface area contributed by atoms with Gasteiger partial charge in [-0.3, -0.25) is 4.79 Å². The fourth-order valence-corrected chi connectivity index (χ4v) is 2.31. The Labute approximate surface area is 139 Å². The summed E-state index contributed by atoms with van der Waals surface area (Å²) >= 11 is 0. The van der Waals surface area contributed by atoms with E-state index in [1.807, 2.05) is 48.6 Å². The van der Waals surface area contributed by atoms with Gasteiger partial charge in [-0.15, -0.1) is 0 Å². The molecule has 0 saturated heterocycles. The molecule has 0 bridgehead atoms. The number of carbonyl (C=O) groups is 1. The van der Waals surface area contributed by atoms with Gasteiger partial charge in [-0.2, -0.15) is 0 Å². The van der Waals surface area contributed by atoms with Crippen LogP contribution in [-0.4, -0.2) is 22.3 Å². The zero-order valence-corrected chi connectivity index (χ0v) is 13.9. The monoisotopic (exact) mass is 316 g/mol. The number of hydrogen-bond acceptors (Lipinski definition) is 2. The number of carboxylic acids is 1. The van der Waals surface area contributed by atoms with Crippen molar-refractivity contribution >= 4 is 18.1 Å². The predicted molar refractivity (Wildman–Crippen MR) is 96.1 cm³/mol. The van der Waals surface area contributed by atoms with Gasteiger partial charge in [0.15, 0.2) is 0 Å². The molecular weight excluding hydrogens is 288 g/mol. The first-order valence-corrected chi connectivity index (χ1v) is 8.47. The molecule has 0 aliphatic rings. The smallest absolute Gasteiger partial charge is 0.303 e. The Kier molecular flexibility index (Phi) is 9.73. The number of aliphatic hydroxyl groups excluding tert-OH is 1. The van der Waals surface area contributed by atoms with Crippen LogP contribution in [0.5, 0.6) is 0 Å². The van der Waals surface area contributed by atoms with Gasteiger partial charge < -0.3 is 10.2 Å². The number of benzene rings is 1. The average molecular weight is 316 g/mol. The van der Waals surface area contributed by atoms with E-state index in [1.54, 1.807) is 0 Å². The molecule has 0 aliphatic heterocycles. The summed E-state index contributed by atoms with van der Waals surface area (Å²) < 4.78 is 0. The number of aliphatic carboxylic acids is 1. The van der Waals surface area contributed by atoms with Gasteiger partial charge in [0.05, 0.1) is 6.10 Å².